The number of rotatable bonds is 24. The topological polar surface area (TPSA) is 682 Å². The lowest BCUT2D eigenvalue weighted by molar-refractivity contribution is -0.400. The summed E-state index contributed by atoms with van der Waals surface area (Å²) >= 11 is 0. The number of aliphatic hydroxyl groups is 24. The first-order valence-corrected chi connectivity index (χ1v) is 30.1. The summed E-state index contributed by atoms with van der Waals surface area (Å²) in [6.45, 7) is -6.29. The summed E-state index contributed by atoms with van der Waals surface area (Å²) in [5.41, 5.74) is 0. The number of aliphatic hydroxyl groups excluding tert-OH is 24. The molecule has 2 amide bonds. The predicted molar refractivity (Wildman–Crippen MR) is 288 cm³/mol. The number of nitrogens with one attached hydrogen (secondary N) is 2. The van der Waals surface area contributed by atoms with Crippen molar-refractivity contribution in [1.29, 1.82) is 0 Å². The van der Waals surface area contributed by atoms with Gasteiger partial charge in [0.1, 0.15) is 195 Å². The molecule has 0 bridgehead atoms. The highest BCUT2D eigenvalue weighted by atomic mass is 16.8. The van der Waals surface area contributed by atoms with Crippen molar-refractivity contribution in [3.8, 4) is 0 Å². The summed E-state index contributed by atoms with van der Waals surface area (Å²) in [4.78, 5) is 24.9. The minimum atomic E-state index is -2.50. The van der Waals surface area contributed by atoms with E-state index in [2.05, 4.69) is 10.6 Å². The summed E-state index contributed by atoms with van der Waals surface area (Å²) < 4.78 is 86.9. The van der Waals surface area contributed by atoms with Crippen LogP contribution in [0.15, 0.2) is 0 Å². The van der Waals surface area contributed by atoms with E-state index in [-0.39, 0.29) is 0 Å². The number of amides is 2. The van der Waals surface area contributed by atoms with Gasteiger partial charge in [-0.05, 0) is 0 Å². The number of carbonyl (C=O) groups excluding carboxylic acids is 2. The maximum absolute atomic E-state index is 12.8. The molecule has 26 N–H and O–H groups in total. The van der Waals surface area contributed by atoms with E-state index in [1.165, 1.54) is 0 Å². The molecule has 95 heavy (non-hydrogen) atoms. The van der Waals surface area contributed by atoms with E-state index in [4.69, 9.17) is 71.1 Å². The van der Waals surface area contributed by atoms with Gasteiger partial charge in [0.25, 0.3) is 0 Å². The lowest BCUT2D eigenvalue weighted by Crippen LogP contribution is -2.70. The van der Waals surface area contributed by atoms with Gasteiger partial charge in [0.2, 0.25) is 11.8 Å². The summed E-state index contributed by atoms with van der Waals surface area (Å²) in [6.07, 6.45) is -78.1. The molecule has 8 rings (SSSR count). The van der Waals surface area contributed by atoms with Gasteiger partial charge in [0, 0.05) is 13.8 Å². The minimum Gasteiger partial charge on any atom is -0.394 e. The smallest absolute Gasteiger partial charge is 0.217 e. The van der Waals surface area contributed by atoms with Crippen molar-refractivity contribution >= 4 is 11.8 Å². The number of hydrogen-bond donors (Lipinski definition) is 26. The summed E-state index contributed by atoms with van der Waals surface area (Å²) in [5, 5.41) is 266. The summed E-state index contributed by atoms with van der Waals surface area (Å²) in [5.74, 6) is -1.68. The van der Waals surface area contributed by atoms with Crippen molar-refractivity contribution in [2.45, 2.75) is 259 Å². The third-order valence-corrected chi connectivity index (χ3v) is 17.4. The van der Waals surface area contributed by atoms with Gasteiger partial charge in [-0.1, -0.05) is 0 Å². The Hall–Kier alpha value is -2.62. The molecule has 1 unspecified atom stereocenters. The Labute approximate surface area is 536 Å². The van der Waals surface area contributed by atoms with Crippen molar-refractivity contribution in [1.82, 2.24) is 10.6 Å². The van der Waals surface area contributed by atoms with Crippen LogP contribution >= 0.6 is 0 Å². The number of hydrogen-bond acceptors (Lipinski definition) is 41. The molecule has 552 valence electrons. The Morgan fingerprint density at radius 1 is 0.274 bits per heavy atom. The molecule has 8 saturated heterocycles. The summed E-state index contributed by atoms with van der Waals surface area (Å²) in [7, 11) is 0. The van der Waals surface area contributed by atoms with Crippen LogP contribution in [0, 0.1) is 0 Å². The van der Waals surface area contributed by atoms with Crippen molar-refractivity contribution < 1.29 is 203 Å². The highest BCUT2D eigenvalue weighted by Gasteiger charge is 2.59. The average Bonchev–Trinajstić information content (AvgIpc) is 0.777. The van der Waals surface area contributed by atoms with Crippen molar-refractivity contribution in [3.05, 3.63) is 0 Å². The van der Waals surface area contributed by atoms with E-state index in [1.54, 1.807) is 0 Å². The zero-order chi connectivity index (χ0) is 69.9. The maximum atomic E-state index is 12.8. The van der Waals surface area contributed by atoms with Gasteiger partial charge in [0.05, 0.1) is 52.9 Å². The van der Waals surface area contributed by atoms with Gasteiger partial charge < -0.3 is 204 Å². The van der Waals surface area contributed by atoms with E-state index in [0.29, 0.717) is 0 Å². The van der Waals surface area contributed by atoms with Crippen molar-refractivity contribution in [3.63, 3.8) is 0 Å². The second-order valence-corrected chi connectivity index (χ2v) is 23.9. The van der Waals surface area contributed by atoms with Crippen LogP contribution in [0.5, 0.6) is 0 Å². The highest BCUT2D eigenvalue weighted by molar-refractivity contribution is 5.73. The van der Waals surface area contributed by atoms with Crippen LogP contribution in [-0.4, -0.2) is 433 Å². The maximum Gasteiger partial charge on any atom is 0.217 e. The fourth-order valence-electron chi connectivity index (χ4n) is 12.0. The molecule has 43 nitrogen and oxygen atoms in total. The Balaban J connectivity index is 1.13. The molecule has 0 aromatic carbocycles. The molecule has 0 aromatic heterocycles. The van der Waals surface area contributed by atoms with Crippen molar-refractivity contribution in [2.75, 3.05) is 52.9 Å². The normalized spacial score (nSPS) is 50.8. The van der Waals surface area contributed by atoms with E-state index >= 15 is 0 Å². The Morgan fingerprint density at radius 3 is 1.05 bits per heavy atom. The average molecular weight is 1400 g/mol. The molecule has 8 heterocycles. The molecule has 0 saturated carbocycles. The molecule has 0 aliphatic carbocycles. The quantitative estimate of drug-likeness (QED) is 0.0427. The first kappa shape index (κ1) is 78.1. The first-order chi connectivity index (χ1) is 44.9. The number of carbonyl (C=O) groups is 2. The molecule has 43 heteroatoms. The predicted octanol–water partition coefficient (Wildman–Crippen LogP) is -18.2. The van der Waals surface area contributed by atoms with Gasteiger partial charge in [0.15, 0.2) is 50.3 Å². The molecular weight excluding hydrogens is 1310 g/mol. The fraction of sp³-hybridized carbons (Fsp3) is 0.962. The van der Waals surface area contributed by atoms with E-state index in [9.17, 15) is 132 Å². The lowest BCUT2D eigenvalue weighted by Gasteiger charge is -2.51. The SMILES string of the molecule is CC(=O)N[C@H]1[C@H](O[C@H]2[C@H](O)[C@@H](NC(C)=O)C(O)O[C@@H]2CO)O[C@H](CO)[C@@H](O[C@@H]2O[C@H](CO[C@H]3O[C@H](CO[C@H]4O[C@H](CO)[C@@H](O)[C@H](O)[C@@H]4O)[C@@H](O)[C@H](O)[C@@H]3O[C@H]3O[C@H](CO)[C@@H](O)[C@H](O)[C@@H]3O)[C@@H](O)[C@H](O[C@H]3O[C@H](CO)[C@@H](O)[C@H](O)[C@@H]3O[C@H]3O[C@H](CO)[C@@H](O)[C@H](O)[C@@H]3O)[C@@H]2O)[C@@H]1O. The molecule has 40 atom stereocenters. The van der Waals surface area contributed by atoms with Gasteiger partial charge in [-0.3, -0.25) is 9.59 Å². The zero-order valence-electron chi connectivity index (χ0n) is 50.4. The van der Waals surface area contributed by atoms with Crippen LogP contribution in [0.3, 0.4) is 0 Å². The van der Waals surface area contributed by atoms with Crippen LogP contribution < -0.4 is 10.6 Å². The lowest BCUT2D eigenvalue weighted by atomic mass is 9.94. The fourth-order valence-corrected chi connectivity index (χ4v) is 12.0. The van der Waals surface area contributed by atoms with Crippen LogP contribution in [0.2, 0.25) is 0 Å². The van der Waals surface area contributed by atoms with Crippen LogP contribution in [0.25, 0.3) is 0 Å². The Bertz CT molecular complexity index is 2380. The third-order valence-electron chi connectivity index (χ3n) is 17.4. The van der Waals surface area contributed by atoms with Crippen LogP contribution in [-0.2, 0) is 80.6 Å². The second-order valence-electron chi connectivity index (χ2n) is 23.9. The van der Waals surface area contributed by atoms with Crippen molar-refractivity contribution in [2.24, 2.45) is 0 Å². The molecule has 0 spiro atoms. The Morgan fingerprint density at radius 2 is 0.579 bits per heavy atom. The second kappa shape index (κ2) is 33.9. The first-order valence-electron chi connectivity index (χ1n) is 30.1. The monoisotopic (exact) mass is 1400 g/mol. The van der Waals surface area contributed by atoms with Gasteiger partial charge in [-0.15, -0.1) is 0 Å². The van der Waals surface area contributed by atoms with Crippen LogP contribution in [0.1, 0.15) is 13.8 Å². The van der Waals surface area contributed by atoms with Gasteiger partial charge >= 0.3 is 0 Å². The largest absolute Gasteiger partial charge is 0.394 e. The molecule has 8 aliphatic rings. The summed E-state index contributed by atoms with van der Waals surface area (Å²) in [6, 6.07) is -3.50. The highest BCUT2D eigenvalue weighted by Crippen LogP contribution is 2.38. The van der Waals surface area contributed by atoms with Crippen LogP contribution in [0.4, 0.5) is 0 Å². The number of ether oxygens (including phenoxy) is 15. The Kier molecular flexibility index (Phi) is 27.9. The van der Waals surface area contributed by atoms with E-state index in [0.717, 1.165) is 13.8 Å². The zero-order valence-corrected chi connectivity index (χ0v) is 50.4. The third kappa shape index (κ3) is 17.0. The molecule has 8 fully saturated rings. The van der Waals surface area contributed by atoms with E-state index < -0.39 is 310 Å². The minimum absolute atomic E-state index is 0.768. The van der Waals surface area contributed by atoms with Gasteiger partial charge in [-0.2, -0.15) is 0 Å². The molecule has 0 radical (unpaired) electrons. The standard InChI is InChI=1S/C52H88N2O41/c1-11(61)53-21-29(69)40(17(7-59)83-45(21)80)91-46-22(54-12(2)62)30(70)41(18(8-60)88-46)92-50-39(79)42(93-52-44(34(74)26(66)16(6-58)87-52)95-49-38(78)33(73)25(65)15(5-57)86-49)28(68)20(89-50)10-82-51-43(94-48-37(77)32(72)24(64)14(4-56)85-48)35(75)27(67)19(90-51)9-81-47-36(76)31(71)23(63)13(3-55)84-47/h13-52,55-60,63-80H,3-10H2,1-2H3,(H,53,61)(H,54,62)/t13-,14-,15-,16-,17-,18-,19-,20-,21-,22-,23-,24-,25-,26-,27-,28-,29-,30-,31+,32+,33+,34+,35+,36+,37+,38+,39+,40-,41-,42+,43+,44+,45?,46+,47+,48-,49-,50+,51+,52-/m1/s1. The molecule has 8 aliphatic heterocycles. The van der Waals surface area contributed by atoms with Gasteiger partial charge in [-0.25, -0.2) is 0 Å². The molecule has 0 aromatic rings. The molecular formula is C52H88N2O41. The van der Waals surface area contributed by atoms with E-state index in [1.807, 2.05) is 0 Å².